The molecule has 0 saturated carbocycles. The Morgan fingerprint density at radius 3 is 2.79 bits per heavy atom. The van der Waals surface area contributed by atoms with Crippen molar-refractivity contribution in [2.75, 3.05) is 0 Å². The van der Waals surface area contributed by atoms with Gasteiger partial charge in [0.1, 0.15) is 0 Å². The number of halogens is 2. The summed E-state index contributed by atoms with van der Waals surface area (Å²) in [6.07, 6.45) is 0. The molecule has 0 bridgehead atoms. The van der Waals surface area contributed by atoms with E-state index >= 15 is 0 Å². The van der Waals surface area contributed by atoms with E-state index in [4.69, 9.17) is 27.7 Å². The van der Waals surface area contributed by atoms with Gasteiger partial charge in [-0.3, -0.25) is 0 Å². The first-order valence-electron chi connectivity index (χ1n) is 4.07. The molecule has 2 aromatic rings. The molecule has 0 aliphatic heterocycles. The molecule has 0 radical (unpaired) electrons. The molecule has 0 aliphatic carbocycles. The van der Waals surface area contributed by atoms with Crippen LogP contribution in [0.5, 0.6) is 0 Å². The van der Waals surface area contributed by atoms with Crippen LogP contribution in [0.2, 0.25) is 5.02 Å². The minimum absolute atomic E-state index is 0.351. The van der Waals surface area contributed by atoms with Crippen molar-refractivity contribution in [3.63, 3.8) is 0 Å². The van der Waals surface area contributed by atoms with E-state index in [1.165, 1.54) is 0 Å². The van der Waals surface area contributed by atoms with Crippen molar-refractivity contribution in [1.29, 1.82) is 0 Å². The Labute approximate surface area is 91.4 Å². The minimum Gasteiger partial charge on any atom is -0.356 e. The van der Waals surface area contributed by atoms with Gasteiger partial charge in [0.05, 0.1) is 11.6 Å². The van der Waals surface area contributed by atoms with Gasteiger partial charge in [-0.1, -0.05) is 28.9 Å². The molecule has 0 amide bonds. The van der Waals surface area contributed by atoms with Gasteiger partial charge in [-0.25, -0.2) is 0 Å². The number of hydrogen-bond donors (Lipinski definition) is 0. The van der Waals surface area contributed by atoms with Gasteiger partial charge in [0.15, 0.2) is 5.76 Å². The highest BCUT2D eigenvalue weighted by atomic mass is 35.5. The maximum atomic E-state index is 5.85. The van der Waals surface area contributed by atoms with Crippen LogP contribution in [0.25, 0.3) is 11.3 Å². The lowest BCUT2D eigenvalue weighted by atomic mass is 10.2. The van der Waals surface area contributed by atoms with Crippen molar-refractivity contribution in [1.82, 2.24) is 5.16 Å². The summed E-state index contributed by atoms with van der Waals surface area (Å²) in [6.45, 7) is 0. The fourth-order valence-electron chi connectivity index (χ4n) is 1.15. The van der Waals surface area contributed by atoms with Crippen molar-refractivity contribution in [3.8, 4) is 11.3 Å². The van der Waals surface area contributed by atoms with E-state index in [0.717, 1.165) is 11.3 Å². The van der Waals surface area contributed by atoms with Gasteiger partial charge in [-0.05, 0) is 12.1 Å². The number of hydrogen-bond acceptors (Lipinski definition) is 2. The summed E-state index contributed by atoms with van der Waals surface area (Å²) >= 11 is 11.5. The maximum Gasteiger partial charge on any atom is 0.167 e. The predicted octanol–water partition coefficient (Wildman–Crippen LogP) is 3.73. The molecule has 0 N–H and O–H groups in total. The molecule has 1 heterocycles. The lowest BCUT2D eigenvalue weighted by Gasteiger charge is -1.94. The Kier molecular flexibility index (Phi) is 2.75. The first-order chi connectivity index (χ1) is 6.79. The van der Waals surface area contributed by atoms with Gasteiger partial charge in [0.2, 0.25) is 0 Å². The Balaban J connectivity index is 2.39. The Morgan fingerprint density at radius 1 is 1.29 bits per heavy atom. The van der Waals surface area contributed by atoms with E-state index in [1.807, 2.05) is 24.3 Å². The lowest BCUT2D eigenvalue weighted by molar-refractivity contribution is 0.426. The van der Waals surface area contributed by atoms with E-state index in [9.17, 15) is 0 Å². The highest BCUT2D eigenvalue weighted by molar-refractivity contribution is 6.30. The second kappa shape index (κ2) is 4.03. The molecule has 4 heteroatoms. The molecular weight excluding hydrogens is 221 g/mol. The molecule has 2 rings (SSSR count). The highest BCUT2D eigenvalue weighted by Crippen LogP contribution is 2.23. The molecule has 0 saturated heterocycles. The summed E-state index contributed by atoms with van der Waals surface area (Å²) in [5.41, 5.74) is 1.63. The molecule has 2 nitrogen and oxygen atoms in total. The molecule has 14 heavy (non-hydrogen) atoms. The van der Waals surface area contributed by atoms with E-state index in [-0.39, 0.29) is 0 Å². The first kappa shape index (κ1) is 9.56. The van der Waals surface area contributed by atoms with E-state index < -0.39 is 0 Å². The average molecular weight is 228 g/mol. The van der Waals surface area contributed by atoms with Crippen LogP contribution in [0.4, 0.5) is 0 Å². The smallest absolute Gasteiger partial charge is 0.167 e. The quantitative estimate of drug-likeness (QED) is 0.732. The minimum atomic E-state index is 0.351. The number of benzene rings is 1. The normalized spacial score (nSPS) is 10.4. The maximum absolute atomic E-state index is 5.85. The van der Waals surface area contributed by atoms with Gasteiger partial charge in [0, 0.05) is 16.7 Å². The van der Waals surface area contributed by atoms with Crippen molar-refractivity contribution >= 4 is 23.2 Å². The number of aromatic nitrogens is 1. The van der Waals surface area contributed by atoms with Crippen LogP contribution in [-0.4, -0.2) is 5.16 Å². The molecule has 1 aromatic carbocycles. The summed E-state index contributed by atoms with van der Waals surface area (Å²) in [6, 6.07) is 9.20. The first-order valence-corrected chi connectivity index (χ1v) is 4.98. The number of nitrogens with zero attached hydrogens (tertiary/aromatic N) is 1. The van der Waals surface area contributed by atoms with E-state index in [1.54, 1.807) is 6.07 Å². The van der Waals surface area contributed by atoms with Crippen LogP contribution in [0, 0.1) is 0 Å². The van der Waals surface area contributed by atoms with Gasteiger partial charge < -0.3 is 4.52 Å². The van der Waals surface area contributed by atoms with Gasteiger partial charge in [-0.15, -0.1) is 11.6 Å². The molecular formula is C10H7Cl2NO. The Bertz CT molecular complexity index is 439. The van der Waals surface area contributed by atoms with Crippen LogP contribution < -0.4 is 0 Å². The molecule has 72 valence electrons. The fourth-order valence-corrected chi connectivity index (χ4v) is 1.47. The zero-order valence-corrected chi connectivity index (χ0v) is 8.72. The summed E-state index contributed by atoms with van der Waals surface area (Å²) in [5.74, 6) is 1.03. The second-order valence-corrected chi connectivity index (χ2v) is 3.53. The van der Waals surface area contributed by atoms with Crippen LogP contribution >= 0.6 is 23.2 Å². The van der Waals surface area contributed by atoms with E-state index in [0.29, 0.717) is 16.7 Å². The van der Waals surface area contributed by atoms with Crippen LogP contribution in [0.15, 0.2) is 34.9 Å². The van der Waals surface area contributed by atoms with Crippen LogP contribution in [0.3, 0.4) is 0 Å². The molecule has 0 spiro atoms. The van der Waals surface area contributed by atoms with Gasteiger partial charge >= 0.3 is 0 Å². The molecule has 0 atom stereocenters. The van der Waals surface area contributed by atoms with Crippen molar-refractivity contribution in [2.45, 2.75) is 5.88 Å². The van der Waals surface area contributed by atoms with Crippen LogP contribution in [-0.2, 0) is 5.88 Å². The van der Waals surface area contributed by atoms with Gasteiger partial charge in [-0.2, -0.15) is 0 Å². The zero-order valence-electron chi connectivity index (χ0n) is 7.21. The number of alkyl halides is 1. The largest absolute Gasteiger partial charge is 0.356 e. The second-order valence-electron chi connectivity index (χ2n) is 2.83. The summed E-state index contributed by atoms with van der Waals surface area (Å²) in [7, 11) is 0. The molecule has 0 unspecified atom stereocenters. The van der Waals surface area contributed by atoms with Crippen LogP contribution in [0.1, 0.15) is 5.69 Å². The fraction of sp³-hybridized carbons (Fsp3) is 0.100. The van der Waals surface area contributed by atoms with Crippen molar-refractivity contribution < 1.29 is 4.52 Å². The highest BCUT2D eigenvalue weighted by Gasteiger charge is 2.05. The number of rotatable bonds is 2. The average Bonchev–Trinajstić information content (AvgIpc) is 2.66. The molecule has 1 aromatic heterocycles. The predicted molar refractivity (Wildman–Crippen MR) is 56.5 cm³/mol. The summed E-state index contributed by atoms with van der Waals surface area (Å²) in [5, 5.41) is 4.46. The molecule has 0 fully saturated rings. The Hall–Kier alpha value is -0.990. The monoisotopic (exact) mass is 227 g/mol. The lowest BCUT2D eigenvalue weighted by Crippen LogP contribution is -1.73. The Morgan fingerprint density at radius 2 is 2.14 bits per heavy atom. The third-order valence-corrected chi connectivity index (χ3v) is 2.31. The molecule has 0 aliphatic rings. The third kappa shape index (κ3) is 1.91. The van der Waals surface area contributed by atoms with Crippen molar-refractivity contribution in [2.24, 2.45) is 0 Å². The summed E-state index contributed by atoms with van der Waals surface area (Å²) < 4.78 is 5.10. The standard InChI is InChI=1S/C10H7Cl2NO/c11-6-9-5-10(14-13-9)7-2-1-3-8(12)4-7/h1-5H,6H2. The van der Waals surface area contributed by atoms with Crippen molar-refractivity contribution in [3.05, 3.63) is 41.0 Å². The summed E-state index contributed by atoms with van der Waals surface area (Å²) in [4.78, 5) is 0. The van der Waals surface area contributed by atoms with Gasteiger partial charge in [0.25, 0.3) is 0 Å². The zero-order chi connectivity index (χ0) is 9.97. The van der Waals surface area contributed by atoms with E-state index in [2.05, 4.69) is 5.16 Å². The topological polar surface area (TPSA) is 26.0 Å². The SMILES string of the molecule is ClCc1cc(-c2cccc(Cl)c2)on1. The third-order valence-electron chi connectivity index (χ3n) is 1.81.